The van der Waals surface area contributed by atoms with Crippen molar-refractivity contribution in [1.82, 2.24) is 0 Å². The molecule has 1 aliphatic carbocycles. The molecule has 0 aromatic heterocycles. The predicted octanol–water partition coefficient (Wildman–Crippen LogP) is 10.2. The van der Waals surface area contributed by atoms with E-state index in [0.717, 1.165) is 54.0 Å². The van der Waals surface area contributed by atoms with E-state index in [-0.39, 0.29) is 35.5 Å². The number of carbonyl (C=O) groups is 1. The summed E-state index contributed by atoms with van der Waals surface area (Å²) >= 11 is 0. The first-order valence-electron chi connectivity index (χ1n) is 18.7. The van der Waals surface area contributed by atoms with Crippen molar-refractivity contribution in [2.45, 2.75) is 96.7 Å². The number of hydrogen-bond donors (Lipinski definition) is 3. The molecule has 0 saturated heterocycles. The highest BCUT2D eigenvalue weighted by atomic mass is 16.5. The van der Waals surface area contributed by atoms with Gasteiger partial charge in [-0.1, -0.05) is 80.8 Å². The van der Waals surface area contributed by atoms with Gasteiger partial charge in [0.2, 0.25) is 0 Å². The fourth-order valence-corrected chi connectivity index (χ4v) is 7.19. The number of aliphatic hydroxyl groups excluding tert-OH is 2. The molecule has 4 aromatic rings. The maximum absolute atomic E-state index is 13.0. The van der Waals surface area contributed by atoms with Gasteiger partial charge < -0.3 is 24.8 Å². The third-order valence-corrected chi connectivity index (χ3v) is 10.1. The number of ketones is 1. The summed E-state index contributed by atoms with van der Waals surface area (Å²) in [6, 6.07) is 25.8. The van der Waals surface area contributed by atoms with Crippen LogP contribution in [-0.4, -0.2) is 34.3 Å². The highest BCUT2D eigenvalue weighted by Crippen LogP contribution is 2.33. The van der Waals surface area contributed by atoms with Gasteiger partial charge in [-0.3, -0.25) is 4.79 Å². The minimum atomic E-state index is -0.767. The van der Waals surface area contributed by atoms with Gasteiger partial charge in [0.25, 0.3) is 0 Å². The predicted molar refractivity (Wildman–Crippen MR) is 206 cm³/mol. The van der Waals surface area contributed by atoms with E-state index >= 15 is 0 Å². The van der Waals surface area contributed by atoms with Gasteiger partial charge >= 0.3 is 0 Å². The van der Waals surface area contributed by atoms with Crippen molar-refractivity contribution in [2.75, 3.05) is 7.11 Å². The van der Waals surface area contributed by atoms with Crippen LogP contribution in [0.15, 0.2) is 103 Å². The fourth-order valence-electron chi connectivity index (χ4n) is 7.19. The third-order valence-electron chi connectivity index (χ3n) is 10.1. The number of aromatic hydroxyl groups is 1. The minimum Gasteiger partial charge on any atom is -0.508 e. The van der Waals surface area contributed by atoms with Gasteiger partial charge in [-0.15, -0.1) is 0 Å². The molecule has 0 saturated carbocycles. The Kier molecular flexibility index (Phi) is 14.2. The lowest BCUT2D eigenvalue weighted by molar-refractivity contribution is -0.121. The van der Waals surface area contributed by atoms with Crippen LogP contribution in [0.1, 0.15) is 87.0 Å². The molecule has 0 radical (unpaired) electrons. The van der Waals surface area contributed by atoms with Crippen molar-refractivity contribution in [1.29, 1.82) is 0 Å². The SMILES string of the molecule is CCCCCc1ccccc1CCCCC1C=CC(O)=CC1CC(O)CC(=O)CCc1ccc(OC)c(OCc2ccc3cc(O)ccc3c2)c1. The second-order valence-corrected chi connectivity index (χ2v) is 14.0. The van der Waals surface area contributed by atoms with Crippen molar-refractivity contribution in [2.24, 2.45) is 11.8 Å². The molecule has 270 valence electrons. The fraction of sp³-hybridized carbons (Fsp3) is 0.400. The van der Waals surface area contributed by atoms with Crippen molar-refractivity contribution >= 4 is 16.6 Å². The molecule has 0 bridgehead atoms. The van der Waals surface area contributed by atoms with Gasteiger partial charge in [-0.25, -0.2) is 0 Å². The summed E-state index contributed by atoms with van der Waals surface area (Å²) in [7, 11) is 1.60. The van der Waals surface area contributed by atoms with Gasteiger partial charge in [0, 0.05) is 12.8 Å². The molecular weight excluding hydrogens is 636 g/mol. The van der Waals surface area contributed by atoms with Crippen LogP contribution in [-0.2, 0) is 30.7 Å². The number of carbonyl (C=O) groups excluding carboxylic acids is 1. The van der Waals surface area contributed by atoms with E-state index in [9.17, 15) is 20.1 Å². The molecule has 0 fully saturated rings. The maximum atomic E-state index is 13.0. The monoisotopic (exact) mass is 690 g/mol. The summed E-state index contributed by atoms with van der Waals surface area (Å²) in [5.74, 6) is 1.92. The Labute approximate surface area is 303 Å². The Hall–Kier alpha value is -4.55. The van der Waals surface area contributed by atoms with Gasteiger partial charge in [0.05, 0.1) is 13.2 Å². The second kappa shape index (κ2) is 19.2. The normalized spacial score (nSPS) is 16.2. The maximum Gasteiger partial charge on any atom is 0.161 e. The number of rotatable bonds is 20. The van der Waals surface area contributed by atoms with E-state index in [0.29, 0.717) is 37.4 Å². The van der Waals surface area contributed by atoms with Crippen LogP contribution in [0.4, 0.5) is 0 Å². The van der Waals surface area contributed by atoms with Crippen LogP contribution in [0.3, 0.4) is 0 Å². The number of phenolic OH excluding ortho intramolecular Hbond substituents is 1. The average Bonchev–Trinajstić information content (AvgIpc) is 3.13. The molecule has 0 aliphatic heterocycles. The number of benzene rings is 4. The molecule has 3 atom stereocenters. The summed E-state index contributed by atoms with van der Waals surface area (Å²) < 4.78 is 11.7. The zero-order chi connectivity index (χ0) is 36.0. The number of aryl methyl sites for hydroxylation is 3. The highest BCUT2D eigenvalue weighted by molar-refractivity contribution is 5.84. The number of unbranched alkanes of at least 4 members (excludes halogenated alkanes) is 3. The number of hydrogen-bond acceptors (Lipinski definition) is 6. The third kappa shape index (κ3) is 11.5. The molecule has 3 N–H and O–H groups in total. The number of aliphatic hydroxyl groups is 2. The van der Waals surface area contributed by atoms with Crippen molar-refractivity contribution < 1.29 is 29.6 Å². The summed E-state index contributed by atoms with van der Waals surface area (Å²) in [5.41, 5.74) is 4.88. The Morgan fingerprint density at radius 3 is 2.27 bits per heavy atom. The van der Waals surface area contributed by atoms with E-state index in [1.807, 2.05) is 48.5 Å². The minimum absolute atomic E-state index is 0.00446. The van der Waals surface area contributed by atoms with Crippen LogP contribution in [0.25, 0.3) is 10.8 Å². The molecule has 6 nitrogen and oxygen atoms in total. The summed E-state index contributed by atoms with van der Waals surface area (Å²) in [6.07, 6.45) is 15.4. The van der Waals surface area contributed by atoms with Gasteiger partial charge in [0.15, 0.2) is 11.5 Å². The topological polar surface area (TPSA) is 96.2 Å². The van der Waals surface area contributed by atoms with Gasteiger partial charge in [-0.05, 0) is 132 Å². The van der Waals surface area contributed by atoms with E-state index in [4.69, 9.17) is 9.47 Å². The number of Topliss-reactive ketones (excluding diaryl/α,β-unsaturated/α-hetero) is 1. The number of methoxy groups -OCH3 is 1. The van der Waals surface area contributed by atoms with Crippen molar-refractivity contribution in [3.05, 3.63) is 125 Å². The van der Waals surface area contributed by atoms with E-state index in [1.165, 1.54) is 30.4 Å². The van der Waals surface area contributed by atoms with E-state index in [2.05, 4.69) is 37.3 Å². The van der Waals surface area contributed by atoms with E-state index in [1.54, 1.807) is 25.3 Å². The molecule has 5 rings (SSSR count). The van der Waals surface area contributed by atoms with Gasteiger partial charge in [0.1, 0.15) is 23.9 Å². The van der Waals surface area contributed by atoms with Crippen LogP contribution in [0, 0.1) is 11.8 Å². The Morgan fingerprint density at radius 2 is 1.51 bits per heavy atom. The lowest BCUT2D eigenvalue weighted by atomic mass is 9.80. The van der Waals surface area contributed by atoms with Crippen LogP contribution < -0.4 is 9.47 Å². The first-order chi connectivity index (χ1) is 24.8. The molecule has 6 heteroatoms. The quantitative estimate of drug-likeness (QED) is 0.0799. The van der Waals surface area contributed by atoms with E-state index < -0.39 is 6.10 Å². The zero-order valence-electron chi connectivity index (χ0n) is 30.2. The lowest BCUT2D eigenvalue weighted by Crippen LogP contribution is -2.23. The first-order valence-corrected chi connectivity index (χ1v) is 18.7. The summed E-state index contributed by atoms with van der Waals surface area (Å²) in [4.78, 5) is 13.0. The molecule has 0 amide bonds. The standard InChI is InChI=1S/C45H54O6/c1-3-4-5-10-34-11-6-7-12-35(34)13-8-9-14-36-19-22-41(47)28-39(36)29-43(49)30-42(48)21-16-32-17-24-44(50-2)45(26-32)51-31-33-15-18-38-27-40(46)23-20-37(38)25-33/h6-7,11-12,15,17-20,22-28,36,39,43,46-47,49H,3-5,8-10,13-14,16,21,29-31H2,1-2H3. The number of phenols is 1. The second-order valence-electron chi connectivity index (χ2n) is 14.0. The molecule has 0 spiro atoms. The Morgan fingerprint density at radius 1 is 0.784 bits per heavy atom. The largest absolute Gasteiger partial charge is 0.508 e. The van der Waals surface area contributed by atoms with Gasteiger partial charge in [-0.2, -0.15) is 0 Å². The van der Waals surface area contributed by atoms with Crippen LogP contribution >= 0.6 is 0 Å². The molecule has 4 aromatic carbocycles. The zero-order valence-corrected chi connectivity index (χ0v) is 30.2. The molecule has 51 heavy (non-hydrogen) atoms. The smallest absolute Gasteiger partial charge is 0.161 e. The molecule has 1 aliphatic rings. The number of ether oxygens (including phenoxy) is 2. The summed E-state index contributed by atoms with van der Waals surface area (Å²) in [6.45, 7) is 2.58. The van der Waals surface area contributed by atoms with Crippen LogP contribution in [0.2, 0.25) is 0 Å². The Bertz CT molecular complexity index is 1790. The average molecular weight is 691 g/mol. The lowest BCUT2D eigenvalue weighted by Gasteiger charge is -2.27. The summed E-state index contributed by atoms with van der Waals surface area (Å²) in [5, 5.41) is 33.0. The molecular formula is C45H54O6. The first kappa shape index (κ1) is 37.7. The molecule has 3 unspecified atom stereocenters. The Balaban J connectivity index is 1.08. The highest BCUT2D eigenvalue weighted by Gasteiger charge is 2.25. The number of fused-ring (bicyclic) bond motifs is 1. The number of allylic oxidation sites excluding steroid dienone is 3. The van der Waals surface area contributed by atoms with Crippen LogP contribution in [0.5, 0.6) is 17.2 Å². The molecule has 0 heterocycles. The van der Waals surface area contributed by atoms with Crippen molar-refractivity contribution in [3.8, 4) is 17.2 Å². The van der Waals surface area contributed by atoms with Crippen molar-refractivity contribution in [3.63, 3.8) is 0 Å².